The number of ether oxygens (including phenoxy) is 2. The van der Waals surface area contributed by atoms with Crippen LogP contribution in [0.5, 0.6) is 0 Å². The van der Waals surface area contributed by atoms with E-state index in [9.17, 15) is 4.79 Å². The number of hydrogen-bond donors (Lipinski definition) is 1. The quantitative estimate of drug-likeness (QED) is 0.390. The Morgan fingerprint density at radius 2 is 1.85 bits per heavy atom. The Balaban J connectivity index is 2.02. The molecule has 0 aliphatic carbocycles. The van der Waals surface area contributed by atoms with Crippen LogP contribution < -0.4 is 5.56 Å². The predicted molar refractivity (Wildman–Crippen MR) is 105 cm³/mol. The Morgan fingerprint density at radius 1 is 1.12 bits per heavy atom. The van der Waals surface area contributed by atoms with Crippen molar-refractivity contribution in [2.45, 2.75) is 30.5 Å². The Morgan fingerprint density at radius 3 is 2.58 bits per heavy atom. The minimum atomic E-state index is -0.518. The van der Waals surface area contributed by atoms with E-state index < -0.39 is 5.62 Å². The average molecular weight is 370 g/mol. The minimum absolute atomic E-state index is 0.105. The fraction of sp³-hybridized carbons (Fsp3) is 0.300. The summed E-state index contributed by atoms with van der Waals surface area (Å²) in [6, 6.07) is 14.5. The smallest absolute Gasteiger partial charge is 0.254 e. The molecule has 0 aliphatic heterocycles. The standard InChI is InChI=1S/C20H22N2O3S/c1-4-15-17(21-19(22-18(15)23)26-20(24-2)25-3)12-14-10-7-9-13-8-5-6-11-16(13)14/h5-11,20H,4,12H2,1-3H3,(H,21,22,23). The van der Waals surface area contributed by atoms with Crippen molar-refractivity contribution in [1.29, 1.82) is 0 Å². The van der Waals surface area contributed by atoms with E-state index in [4.69, 9.17) is 9.47 Å². The molecule has 0 radical (unpaired) electrons. The van der Waals surface area contributed by atoms with Crippen LogP contribution in [0.15, 0.2) is 52.4 Å². The van der Waals surface area contributed by atoms with Crippen molar-refractivity contribution in [1.82, 2.24) is 9.97 Å². The molecular formula is C20H22N2O3S. The van der Waals surface area contributed by atoms with Gasteiger partial charge in [0, 0.05) is 26.2 Å². The van der Waals surface area contributed by atoms with E-state index in [2.05, 4.69) is 34.2 Å². The Hall–Kier alpha value is -2.15. The van der Waals surface area contributed by atoms with Crippen molar-refractivity contribution in [2.75, 3.05) is 14.2 Å². The number of hydrogen-bond acceptors (Lipinski definition) is 5. The first kappa shape index (κ1) is 18.6. The minimum Gasteiger partial charge on any atom is -0.347 e. The summed E-state index contributed by atoms with van der Waals surface area (Å²) in [7, 11) is 3.10. The first-order valence-corrected chi connectivity index (χ1v) is 9.35. The third kappa shape index (κ3) is 3.98. The van der Waals surface area contributed by atoms with Crippen molar-refractivity contribution in [3.8, 4) is 0 Å². The van der Waals surface area contributed by atoms with Gasteiger partial charge in [0.2, 0.25) is 5.62 Å². The van der Waals surface area contributed by atoms with Crippen molar-refractivity contribution in [3.05, 3.63) is 69.6 Å². The molecule has 0 amide bonds. The van der Waals surface area contributed by atoms with E-state index in [1.165, 1.54) is 22.5 Å². The van der Waals surface area contributed by atoms with Gasteiger partial charge in [-0.1, -0.05) is 49.4 Å². The van der Waals surface area contributed by atoms with Crippen LogP contribution in [0, 0.1) is 0 Å². The van der Waals surface area contributed by atoms with Crippen LogP contribution >= 0.6 is 11.8 Å². The van der Waals surface area contributed by atoms with Crippen LogP contribution in [-0.2, 0) is 22.3 Å². The molecule has 0 atom stereocenters. The van der Waals surface area contributed by atoms with E-state index in [0.717, 1.165) is 11.3 Å². The van der Waals surface area contributed by atoms with E-state index >= 15 is 0 Å². The molecule has 1 N–H and O–H groups in total. The Labute approximate surface area is 156 Å². The zero-order chi connectivity index (χ0) is 18.5. The van der Waals surface area contributed by atoms with Gasteiger partial charge in [-0.2, -0.15) is 0 Å². The lowest BCUT2D eigenvalue weighted by Gasteiger charge is -2.14. The molecule has 2 aromatic carbocycles. The Bertz CT molecular complexity index is 946. The largest absolute Gasteiger partial charge is 0.347 e. The lowest BCUT2D eigenvalue weighted by Crippen LogP contribution is -2.20. The van der Waals surface area contributed by atoms with E-state index in [1.54, 1.807) is 14.2 Å². The van der Waals surface area contributed by atoms with E-state index in [1.807, 2.05) is 25.1 Å². The summed E-state index contributed by atoms with van der Waals surface area (Å²) in [6.45, 7) is 1.97. The zero-order valence-corrected chi connectivity index (χ0v) is 15.9. The van der Waals surface area contributed by atoms with Gasteiger partial charge in [0.05, 0.1) is 5.69 Å². The lowest BCUT2D eigenvalue weighted by atomic mass is 9.99. The molecule has 0 bridgehead atoms. The van der Waals surface area contributed by atoms with Crippen LogP contribution in [-0.4, -0.2) is 29.8 Å². The normalized spacial score (nSPS) is 11.4. The zero-order valence-electron chi connectivity index (χ0n) is 15.1. The van der Waals surface area contributed by atoms with E-state index in [0.29, 0.717) is 23.6 Å². The Kier molecular flexibility index (Phi) is 6.08. The van der Waals surface area contributed by atoms with Crippen LogP contribution in [0.1, 0.15) is 23.7 Å². The lowest BCUT2D eigenvalue weighted by molar-refractivity contribution is -0.0345. The molecule has 136 valence electrons. The van der Waals surface area contributed by atoms with Crippen molar-refractivity contribution < 1.29 is 9.47 Å². The van der Waals surface area contributed by atoms with Gasteiger partial charge in [-0.05, 0) is 34.5 Å². The molecule has 3 rings (SSSR count). The topological polar surface area (TPSA) is 64.2 Å². The molecule has 0 fully saturated rings. The van der Waals surface area contributed by atoms with Crippen molar-refractivity contribution in [2.24, 2.45) is 0 Å². The number of aromatic nitrogens is 2. The van der Waals surface area contributed by atoms with Crippen LogP contribution in [0.25, 0.3) is 10.8 Å². The van der Waals surface area contributed by atoms with Gasteiger partial charge in [0.25, 0.3) is 5.56 Å². The molecule has 0 saturated carbocycles. The monoisotopic (exact) mass is 370 g/mol. The average Bonchev–Trinajstić information content (AvgIpc) is 2.66. The van der Waals surface area contributed by atoms with Gasteiger partial charge in [-0.15, -0.1) is 0 Å². The van der Waals surface area contributed by atoms with Gasteiger partial charge in [-0.25, -0.2) is 4.98 Å². The van der Waals surface area contributed by atoms with Crippen LogP contribution in [0.2, 0.25) is 0 Å². The summed E-state index contributed by atoms with van der Waals surface area (Å²) >= 11 is 1.24. The van der Waals surface area contributed by atoms with Crippen molar-refractivity contribution >= 4 is 22.5 Å². The summed E-state index contributed by atoms with van der Waals surface area (Å²) in [6.07, 6.45) is 1.23. The number of nitrogens with zero attached hydrogens (tertiary/aromatic N) is 1. The number of nitrogens with one attached hydrogen (secondary N) is 1. The van der Waals surface area contributed by atoms with Gasteiger partial charge in [-0.3, -0.25) is 4.79 Å². The second-order valence-electron chi connectivity index (χ2n) is 5.84. The number of rotatable bonds is 7. The van der Waals surface area contributed by atoms with Gasteiger partial charge in [0.15, 0.2) is 5.16 Å². The SMILES string of the molecule is CCc1c(Cc2cccc3ccccc23)nc(SC(OC)OC)[nH]c1=O. The maximum absolute atomic E-state index is 12.5. The highest BCUT2D eigenvalue weighted by Gasteiger charge is 2.15. The third-order valence-corrected chi connectivity index (χ3v) is 5.26. The second-order valence-corrected chi connectivity index (χ2v) is 6.85. The summed E-state index contributed by atoms with van der Waals surface area (Å²) < 4.78 is 10.4. The summed E-state index contributed by atoms with van der Waals surface area (Å²) in [5.74, 6) is 0. The first-order valence-electron chi connectivity index (χ1n) is 8.47. The molecule has 0 aliphatic rings. The second kappa shape index (κ2) is 8.49. The van der Waals surface area contributed by atoms with Gasteiger partial charge in [0.1, 0.15) is 0 Å². The molecule has 1 aromatic heterocycles. The summed E-state index contributed by atoms with van der Waals surface area (Å²) in [5.41, 5.74) is 2.04. The fourth-order valence-electron chi connectivity index (χ4n) is 3.00. The third-order valence-electron chi connectivity index (χ3n) is 4.26. The highest BCUT2D eigenvalue weighted by molar-refractivity contribution is 7.99. The number of thioether (sulfide) groups is 1. The molecule has 5 nitrogen and oxygen atoms in total. The molecule has 3 aromatic rings. The molecule has 1 heterocycles. The molecule has 26 heavy (non-hydrogen) atoms. The summed E-state index contributed by atoms with van der Waals surface area (Å²) in [5, 5.41) is 2.86. The fourth-order valence-corrected chi connectivity index (χ4v) is 3.69. The number of benzene rings is 2. The summed E-state index contributed by atoms with van der Waals surface area (Å²) in [4.78, 5) is 20.0. The van der Waals surface area contributed by atoms with E-state index in [-0.39, 0.29) is 5.56 Å². The highest BCUT2D eigenvalue weighted by Crippen LogP contribution is 2.24. The molecule has 0 saturated heterocycles. The van der Waals surface area contributed by atoms with Crippen LogP contribution in [0.4, 0.5) is 0 Å². The number of fused-ring (bicyclic) bond motifs is 1. The molecule has 0 spiro atoms. The first-order chi connectivity index (χ1) is 12.7. The van der Waals surface area contributed by atoms with Crippen molar-refractivity contribution in [3.63, 3.8) is 0 Å². The highest BCUT2D eigenvalue weighted by atomic mass is 32.2. The maximum atomic E-state index is 12.5. The predicted octanol–water partition coefficient (Wildman–Crippen LogP) is 3.74. The molecule has 0 unspecified atom stereocenters. The van der Waals surface area contributed by atoms with Gasteiger partial charge < -0.3 is 14.5 Å². The number of aromatic amines is 1. The van der Waals surface area contributed by atoms with Crippen LogP contribution in [0.3, 0.4) is 0 Å². The molecule has 6 heteroatoms. The molecular weight excluding hydrogens is 348 g/mol. The number of H-pyrrole nitrogens is 1. The number of methoxy groups -OCH3 is 2. The van der Waals surface area contributed by atoms with Gasteiger partial charge >= 0.3 is 0 Å². The maximum Gasteiger partial charge on any atom is 0.254 e.